The molecule has 4 N–H and O–H groups in total. The van der Waals surface area contributed by atoms with Crippen molar-refractivity contribution in [2.75, 3.05) is 26.2 Å². The molecular weight excluding hydrogens is 545 g/mol. The van der Waals surface area contributed by atoms with E-state index in [1.807, 2.05) is 23.1 Å². The Balaban J connectivity index is 1.31. The Morgan fingerprint density at radius 3 is 2.62 bits per heavy atom. The number of hydrogen-bond donors (Lipinski definition) is 3. The van der Waals surface area contributed by atoms with Gasteiger partial charge in [-0.05, 0) is 54.7 Å². The second kappa shape index (κ2) is 11.1. The number of guanidine groups is 1. The van der Waals surface area contributed by atoms with Gasteiger partial charge in [-0.1, -0.05) is 29.3 Å². The van der Waals surface area contributed by atoms with Crippen molar-refractivity contribution in [1.82, 2.24) is 24.7 Å². The fraction of sp³-hybridized carbons (Fsp3) is 0.346. The van der Waals surface area contributed by atoms with Crippen molar-refractivity contribution in [2.45, 2.75) is 31.8 Å². The molecule has 2 aromatic heterocycles. The number of aliphatic imine (C=N–C) groups is 1. The lowest BCUT2D eigenvalue weighted by Gasteiger charge is -2.30. The number of aliphatic carboxylic acids is 1. The number of carboxylic acids is 1. The number of hydrogen-bond acceptors (Lipinski definition) is 5. The zero-order valence-corrected chi connectivity index (χ0v) is 22.5. The SMILES string of the molecule is NC(=NC[C@H](NC(=O)c1c(Cl)cc2c(c1Cl)CCN(C(=O)c1cc3ccccn3n1)C2)C(=O)O)N1CCCC1. The van der Waals surface area contributed by atoms with Gasteiger partial charge in [-0.25, -0.2) is 9.31 Å². The lowest BCUT2D eigenvalue weighted by molar-refractivity contribution is -0.138. The number of aromatic nitrogens is 2. The molecule has 2 aliphatic rings. The van der Waals surface area contributed by atoms with Gasteiger partial charge in [0.2, 0.25) is 0 Å². The first-order chi connectivity index (χ1) is 18.7. The summed E-state index contributed by atoms with van der Waals surface area (Å²) < 4.78 is 1.64. The van der Waals surface area contributed by atoms with E-state index in [0.29, 0.717) is 29.8 Å². The van der Waals surface area contributed by atoms with E-state index in [1.165, 1.54) is 0 Å². The molecule has 1 atom stereocenters. The van der Waals surface area contributed by atoms with Crippen LogP contribution in [0.25, 0.3) is 5.52 Å². The highest BCUT2D eigenvalue weighted by Gasteiger charge is 2.30. The molecular formula is C26H27Cl2N7O4. The summed E-state index contributed by atoms with van der Waals surface area (Å²) in [6.45, 7) is 1.91. The van der Waals surface area contributed by atoms with Crippen LogP contribution in [-0.4, -0.2) is 80.5 Å². The molecule has 1 saturated heterocycles. The third-order valence-electron chi connectivity index (χ3n) is 6.98. The van der Waals surface area contributed by atoms with E-state index in [4.69, 9.17) is 28.9 Å². The molecule has 4 heterocycles. The zero-order valence-electron chi connectivity index (χ0n) is 20.9. The number of fused-ring (bicyclic) bond motifs is 2. The molecule has 11 nitrogen and oxygen atoms in total. The third-order valence-corrected chi connectivity index (χ3v) is 7.69. The molecule has 204 valence electrons. The summed E-state index contributed by atoms with van der Waals surface area (Å²) in [5.41, 5.74) is 8.50. The number of carbonyl (C=O) groups excluding carboxylic acids is 2. The lowest BCUT2D eigenvalue weighted by atomic mass is 9.96. The number of likely N-dealkylation sites (tertiary alicyclic amines) is 1. The minimum Gasteiger partial charge on any atom is -0.480 e. The quantitative estimate of drug-likeness (QED) is 0.304. The highest BCUT2D eigenvalue weighted by molar-refractivity contribution is 6.40. The molecule has 0 bridgehead atoms. The number of benzene rings is 1. The van der Waals surface area contributed by atoms with Crippen LogP contribution in [0.4, 0.5) is 0 Å². The minimum atomic E-state index is -1.32. The molecule has 0 spiro atoms. The summed E-state index contributed by atoms with van der Waals surface area (Å²) in [7, 11) is 0. The highest BCUT2D eigenvalue weighted by Crippen LogP contribution is 2.35. The molecule has 1 fully saturated rings. The van der Waals surface area contributed by atoms with Crippen LogP contribution < -0.4 is 11.1 Å². The van der Waals surface area contributed by atoms with Gasteiger partial charge in [0.15, 0.2) is 11.7 Å². The van der Waals surface area contributed by atoms with Crippen LogP contribution in [0.2, 0.25) is 10.0 Å². The van der Waals surface area contributed by atoms with Crippen molar-refractivity contribution in [1.29, 1.82) is 0 Å². The van der Waals surface area contributed by atoms with Gasteiger partial charge in [-0.15, -0.1) is 0 Å². The number of pyridine rings is 1. The molecule has 0 radical (unpaired) electrons. The summed E-state index contributed by atoms with van der Waals surface area (Å²) in [6.07, 6.45) is 4.16. The van der Waals surface area contributed by atoms with E-state index in [0.717, 1.165) is 31.4 Å². The van der Waals surface area contributed by atoms with Crippen LogP contribution >= 0.6 is 23.2 Å². The minimum absolute atomic E-state index is 0.0139. The van der Waals surface area contributed by atoms with Crippen LogP contribution in [-0.2, 0) is 17.8 Å². The van der Waals surface area contributed by atoms with E-state index in [1.54, 1.807) is 27.7 Å². The maximum Gasteiger partial charge on any atom is 0.328 e. The Morgan fingerprint density at radius 2 is 1.90 bits per heavy atom. The van der Waals surface area contributed by atoms with Crippen LogP contribution in [0.3, 0.4) is 0 Å². The van der Waals surface area contributed by atoms with Gasteiger partial charge in [0.25, 0.3) is 11.8 Å². The van der Waals surface area contributed by atoms with E-state index >= 15 is 0 Å². The Kier molecular flexibility index (Phi) is 7.62. The normalized spacial score (nSPS) is 16.3. The van der Waals surface area contributed by atoms with E-state index in [2.05, 4.69) is 15.4 Å². The monoisotopic (exact) mass is 571 g/mol. The molecule has 0 saturated carbocycles. The van der Waals surface area contributed by atoms with Gasteiger partial charge < -0.3 is 26.0 Å². The number of carboxylic acid groups (broad SMARTS) is 1. The lowest BCUT2D eigenvalue weighted by Crippen LogP contribution is -2.44. The van der Waals surface area contributed by atoms with Crippen molar-refractivity contribution < 1.29 is 19.5 Å². The molecule has 0 unspecified atom stereocenters. The smallest absolute Gasteiger partial charge is 0.328 e. The fourth-order valence-electron chi connectivity index (χ4n) is 4.88. The van der Waals surface area contributed by atoms with E-state index in [-0.39, 0.29) is 40.6 Å². The number of halogens is 2. The number of nitrogens with two attached hydrogens (primary N) is 1. The van der Waals surface area contributed by atoms with Crippen LogP contribution in [0.15, 0.2) is 41.5 Å². The second-order valence-electron chi connectivity index (χ2n) is 9.52. The molecule has 2 amide bonds. The van der Waals surface area contributed by atoms with Crippen LogP contribution in [0.5, 0.6) is 0 Å². The van der Waals surface area contributed by atoms with Crippen molar-refractivity contribution in [3.63, 3.8) is 0 Å². The van der Waals surface area contributed by atoms with Crippen LogP contribution in [0, 0.1) is 0 Å². The number of carbonyl (C=O) groups is 3. The van der Waals surface area contributed by atoms with Gasteiger partial charge in [-0.3, -0.25) is 14.6 Å². The Bertz CT molecular complexity index is 1450. The maximum absolute atomic E-state index is 13.1. The molecule has 5 rings (SSSR count). The van der Waals surface area contributed by atoms with E-state index in [9.17, 15) is 19.5 Å². The average molecular weight is 572 g/mol. The predicted molar refractivity (Wildman–Crippen MR) is 146 cm³/mol. The van der Waals surface area contributed by atoms with Crippen molar-refractivity contribution in [3.8, 4) is 0 Å². The summed E-state index contributed by atoms with van der Waals surface area (Å²) in [6, 6.07) is 7.58. The molecule has 2 aliphatic heterocycles. The highest BCUT2D eigenvalue weighted by atomic mass is 35.5. The van der Waals surface area contributed by atoms with Gasteiger partial charge in [0.1, 0.15) is 6.04 Å². The summed E-state index contributed by atoms with van der Waals surface area (Å²) >= 11 is 13.1. The summed E-state index contributed by atoms with van der Waals surface area (Å²) in [5, 5.41) is 16.7. The molecule has 13 heteroatoms. The molecule has 0 aliphatic carbocycles. The number of nitrogens with one attached hydrogen (secondary N) is 1. The molecule has 39 heavy (non-hydrogen) atoms. The van der Waals surface area contributed by atoms with E-state index < -0.39 is 17.9 Å². The zero-order chi connectivity index (χ0) is 27.7. The second-order valence-corrected chi connectivity index (χ2v) is 10.3. The average Bonchev–Trinajstić information content (AvgIpc) is 3.60. The van der Waals surface area contributed by atoms with Crippen LogP contribution in [0.1, 0.15) is 44.8 Å². The van der Waals surface area contributed by atoms with Crippen molar-refractivity contribution in [3.05, 3.63) is 69.0 Å². The summed E-state index contributed by atoms with van der Waals surface area (Å²) in [4.78, 5) is 45.8. The van der Waals surface area contributed by atoms with Gasteiger partial charge in [0.05, 0.1) is 27.7 Å². The number of amides is 2. The van der Waals surface area contributed by atoms with Gasteiger partial charge in [-0.2, -0.15) is 5.10 Å². The molecule has 3 aromatic rings. The van der Waals surface area contributed by atoms with Gasteiger partial charge in [0, 0.05) is 32.4 Å². The van der Waals surface area contributed by atoms with Crippen molar-refractivity contribution >= 4 is 52.5 Å². The maximum atomic E-state index is 13.1. The first-order valence-corrected chi connectivity index (χ1v) is 13.3. The topological polar surface area (TPSA) is 146 Å². The first-order valence-electron chi connectivity index (χ1n) is 12.5. The summed E-state index contributed by atoms with van der Waals surface area (Å²) in [5.74, 6) is -1.96. The number of rotatable bonds is 6. The van der Waals surface area contributed by atoms with Crippen molar-refractivity contribution in [2.24, 2.45) is 10.7 Å². The first kappa shape index (κ1) is 26.8. The standard InChI is InChI=1S/C26H27Cl2N7O4/c27-18-11-15-14-34(24(37)19-12-16-5-1-2-9-35(16)32-19)10-6-17(15)22(28)21(18)23(36)31-20(25(38)39)13-30-26(29)33-7-3-4-8-33/h1-2,5,9,11-12,20H,3-4,6-8,10,13-14H2,(H2,29,30)(H,31,36)(H,38,39)/t20-/m0/s1. The Morgan fingerprint density at radius 1 is 1.13 bits per heavy atom. The third kappa shape index (κ3) is 5.50. The Labute approximate surface area is 234 Å². The fourth-order valence-corrected chi connectivity index (χ4v) is 5.65. The predicted octanol–water partition coefficient (Wildman–Crippen LogP) is 2.43. The largest absolute Gasteiger partial charge is 0.480 e. The molecule has 1 aromatic carbocycles. The van der Waals surface area contributed by atoms with Gasteiger partial charge >= 0.3 is 5.97 Å². The number of nitrogens with zero attached hydrogens (tertiary/aromatic N) is 5. The Hall–Kier alpha value is -3.83.